The minimum absolute atomic E-state index is 0.0485. The first-order chi connectivity index (χ1) is 9.99. The van der Waals surface area contributed by atoms with E-state index < -0.39 is 5.76 Å². The summed E-state index contributed by atoms with van der Waals surface area (Å²) < 4.78 is 11.4. The van der Waals surface area contributed by atoms with E-state index >= 15 is 0 Å². The molecule has 2 aliphatic heterocycles. The Morgan fingerprint density at radius 1 is 1.43 bits per heavy atom. The average Bonchev–Trinajstić information content (AvgIpc) is 2.91. The van der Waals surface area contributed by atoms with E-state index in [1.165, 1.54) is 0 Å². The zero-order valence-electron chi connectivity index (χ0n) is 12.5. The molecule has 2 saturated heterocycles. The van der Waals surface area contributed by atoms with Crippen molar-refractivity contribution >= 4 is 5.91 Å². The standard InChI is InChI=1S/C14H21N3O4/c1-10-7-14(3-5-20-6-4-14)9-16(10)12(18)8-17-13(19)21-11(2)15-17/h10H,3-9H2,1-2H3. The Morgan fingerprint density at radius 3 is 2.76 bits per heavy atom. The minimum Gasteiger partial charge on any atom is -0.393 e. The highest BCUT2D eigenvalue weighted by atomic mass is 16.5. The normalized spacial score (nSPS) is 24.7. The van der Waals surface area contributed by atoms with Gasteiger partial charge in [-0.2, -0.15) is 4.68 Å². The van der Waals surface area contributed by atoms with Crippen molar-refractivity contribution in [1.29, 1.82) is 0 Å². The molecule has 7 heteroatoms. The van der Waals surface area contributed by atoms with Gasteiger partial charge in [-0.25, -0.2) is 4.79 Å². The van der Waals surface area contributed by atoms with E-state index in [4.69, 9.17) is 9.15 Å². The van der Waals surface area contributed by atoms with Gasteiger partial charge in [0.1, 0.15) is 6.54 Å². The van der Waals surface area contributed by atoms with Gasteiger partial charge >= 0.3 is 5.76 Å². The number of carbonyl (C=O) groups is 1. The molecule has 3 heterocycles. The van der Waals surface area contributed by atoms with Crippen molar-refractivity contribution in [2.45, 2.75) is 45.7 Å². The minimum atomic E-state index is -0.575. The number of hydrogen-bond acceptors (Lipinski definition) is 5. The molecule has 1 atom stereocenters. The van der Waals surface area contributed by atoms with Gasteiger partial charge in [-0.1, -0.05) is 0 Å². The molecule has 1 aromatic heterocycles. The predicted octanol–water partition coefficient (Wildman–Crippen LogP) is 0.562. The molecular weight excluding hydrogens is 274 g/mol. The maximum atomic E-state index is 12.5. The summed E-state index contributed by atoms with van der Waals surface area (Å²) in [4.78, 5) is 25.9. The van der Waals surface area contributed by atoms with E-state index in [1.54, 1.807) is 6.92 Å². The van der Waals surface area contributed by atoms with Crippen LogP contribution < -0.4 is 5.76 Å². The van der Waals surface area contributed by atoms with Crippen molar-refractivity contribution in [2.24, 2.45) is 5.41 Å². The summed E-state index contributed by atoms with van der Waals surface area (Å²) in [7, 11) is 0. The fraction of sp³-hybridized carbons (Fsp3) is 0.786. The molecule has 2 aliphatic rings. The van der Waals surface area contributed by atoms with Gasteiger partial charge in [0.2, 0.25) is 11.8 Å². The second-order valence-electron chi connectivity index (χ2n) is 6.23. The van der Waals surface area contributed by atoms with Crippen molar-refractivity contribution in [3.63, 3.8) is 0 Å². The van der Waals surface area contributed by atoms with Gasteiger partial charge < -0.3 is 14.1 Å². The Morgan fingerprint density at radius 2 is 2.14 bits per heavy atom. The molecule has 116 valence electrons. The summed E-state index contributed by atoms with van der Waals surface area (Å²) in [6.45, 7) is 5.92. The van der Waals surface area contributed by atoms with E-state index in [9.17, 15) is 9.59 Å². The summed E-state index contributed by atoms with van der Waals surface area (Å²) in [6, 6.07) is 0.194. The van der Waals surface area contributed by atoms with Crippen LogP contribution in [0.1, 0.15) is 32.1 Å². The summed E-state index contributed by atoms with van der Waals surface area (Å²) in [5.74, 6) is -0.363. The van der Waals surface area contributed by atoms with Crippen LogP contribution in [0.2, 0.25) is 0 Å². The van der Waals surface area contributed by atoms with Gasteiger partial charge in [-0.3, -0.25) is 4.79 Å². The van der Waals surface area contributed by atoms with Gasteiger partial charge in [0.15, 0.2) is 0 Å². The van der Waals surface area contributed by atoms with Crippen LogP contribution in [0.3, 0.4) is 0 Å². The Labute approximate surface area is 122 Å². The Kier molecular flexibility index (Phi) is 3.61. The van der Waals surface area contributed by atoms with Gasteiger partial charge in [0.05, 0.1) is 0 Å². The van der Waals surface area contributed by atoms with Gasteiger partial charge in [-0.15, -0.1) is 5.10 Å². The van der Waals surface area contributed by atoms with Crippen molar-refractivity contribution in [1.82, 2.24) is 14.7 Å². The number of carbonyl (C=O) groups excluding carboxylic acids is 1. The second kappa shape index (κ2) is 5.29. The number of rotatable bonds is 2. The van der Waals surface area contributed by atoms with Crippen LogP contribution in [0.15, 0.2) is 9.21 Å². The van der Waals surface area contributed by atoms with Gasteiger partial charge in [0, 0.05) is 32.7 Å². The topological polar surface area (TPSA) is 77.6 Å². The van der Waals surface area contributed by atoms with Crippen molar-refractivity contribution < 1.29 is 13.9 Å². The van der Waals surface area contributed by atoms with Crippen LogP contribution in [-0.4, -0.2) is 46.4 Å². The first-order valence-corrected chi connectivity index (χ1v) is 7.41. The van der Waals surface area contributed by atoms with E-state index in [0.29, 0.717) is 0 Å². The smallest absolute Gasteiger partial charge is 0.393 e. The second-order valence-corrected chi connectivity index (χ2v) is 6.23. The lowest BCUT2D eigenvalue weighted by molar-refractivity contribution is -0.133. The molecule has 2 fully saturated rings. The number of likely N-dealkylation sites (tertiary alicyclic amines) is 1. The fourth-order valence-corrected chi connectivity index (χ4v) is 3.55. The molecule has 0 aromatic carbocycles. The molecule has 0 saturated carbocycles. The van der Waals surface area contributed by atoms with Gasteiger partial charge in [0.25, 0.3) is 0 Å². The highest BCUT2D eigenvalue weighted by Crippen LogP contribution is 2.42. The first-order valence-electron chi connectivity index (χ1n) is 7.41. The van der Waals surface area contributed by atoms with Gasteiger partial charge in [-0.05, 0) is 31.6 Å². The van der Waals surface area contributed by atoms with Crippen LogP contribution >= 0.6 is 0 Å². The lowest BCUT2D eigenvalue weighted by Gasteiger charge is -2.33. The number of aromatic nitrogens is 2. The fourth-order valence-electron chi connectivity index (χ4n) is 3.55. The zero-order chi connectivity index (χ0) is 15.0. The molecule has 1 aromatic rings. The Bertz CT molecular complexity index is 585. The molecule has 0 radical (unpaired) electrons. The maximum Gasteiger partial charge on any atom is 0.437 e. The van der Waals surface area contributed by atoms with E-state index in [0.717, 1.165) is 43.7 Å². The van der Waals surface area contributed by atoms with E-state index in [1.807, 2.05) is 4.90 Å². The third kappa shape index (κ3) is 2.74. The third-order valence-electron chi connectivity index (χ3n) is 4.63. The number of nitrogens with zero attached hydrogens (tertiary/aromatic N) is 3. The number of aryl methyl sites for hydroxylation is 1. The highest BCUT2D eigenvalue weighted by Gasteiger charge is 2.44. The van der Waals surface area contributed by atoms with Crippen molar-refractivity contribution in [3.05, 3.63) is 16.4 Å². The van der Waals surface area contributed by atoms with Crippen LogP contribution in [-0.2, 0) is 16.1 Å². The molecule has 1 unspecified atom stereocenters. The van der Waals surface area contributed by atoms with E-state index in [-0.39, 0.29) is 29.8 Å². The van der Waals surface area contributed by atoms with Crippen LogP contribution in [0.5, 0.6) is 0 Å². The lowest BCUT2D eigenvalue weighted by Crippen LogP contribution is -2.40. The molecule has 1 spiro atoms. The molecule has 0 N–H and O–H groups in total. The number of amides is 1. The Balaban J connectivity index is 1.70. The largest absolute Gasteiger partial charge is 0.437 e. The lowest BCUT2D eigenvalue weighted by atomic mass is 9.78. The molecule has 1 amide bonds. The summed E-state index contributed by atoms with van der Waals surface area (Å²) in [5, 5.41) is 3.92. The van der Waals surface area contributed by atoms with Crippen LogP contribution in [0.25, 0.3) is 0 Å². The average molecular weight is 295 g/mol. The quantitative estimate of drug-likeness (QED) is 0.797. The summed E-state index contributed by atoms with van der Waals surface area (Å²) in [6.07, 6.45) is 3.02. The molecule has 3 rings (SSSR count). The summed E-state index contributed by atoms with van der Waals surface area (Å²) >= 11 is 0. The molecule has 0 bridgehead atoms. The van der Waals surface area contributed by atoms with Crippen LogP contribution in [0.4, 0.5) is 0 Å². The Hall–Kier alpha value is -1.63. The molecule has 0 aliphatic carbocycles. The monoisotopic (exact) mass is 295 g/mol. The molecule has 21 heavy (non-hydrogen) atoms. The zero-order valence-corrected chi connectivity index (χ0v) is 12.5. The third-order valence-corrected chi connectivity index (χ3v) is 4.63. The maximum absolute atomic E-state index is 12.5. The number of hydrogen-bond donors (Lipinski definition) is 0. The van der Waals surface area contributed by atoms with Crippen molar-refractivity contribution in [3.8, 4) is 0 Å². The highest BCUT2D eigenvalue weighted by molar-refractivity contribution is 5.76. The van der Waals surface area contributed by atoms with E-state index in [2.05, 4.69) is 12.0 Å². The van der Waals surface area contributed by atoms with Crippen molar-refractivity contribution in [2.75, 3.05) is 19.8 Å². The first kappa shape index (κ1) is 14.3. The number of ether oxygens (including phenoxy) is 1. The SMILES string of the molecule is Cc1nn(CC(=O)N2CC3(CCOCC3)CC2C)c(=O)o1. The predicted molar refractivity (Wildman–Crippen MR) is 73.8 cm³/mol. The molecular formula is C14H21N3O4. The van der Waals surface area contributed by atoms with Crippen LogP contribution in [0, 0.1) is 12.3 Å². The summed E-state index contributed by atoms with van der Waals surface area (Å²) in [5.41, 5.74) is 0.192. The molecule has 7 nitrogen and oxygen atoms in total.